The van der Waals surface area contributed by atoms with Crippen LogP contribution in [-0.4, -0.2) is 11.6 Å². The molecule has 4 aliphatic rings. The van der Waals surface area contributed by atoms with Crippen molar-refractivity contribution < 1.29 is 61.3 Å². The van der Waals surface area contributed by atoms with Crippen molar-refractivity contribution in [3.63, 3.8) is 0 Å². The molecule has 2 fully saturated rings. The van der Waals surface area contributed by atoms with E-state index in [0.717, 1.165) is 11.8 Å². The summed E-state index contributed by atoms with van der Waals surface area (Å²) >= 11 is 1.29. The molecule has 0 nitrogen and oxygen atoms in total. The van der Waals surface area contributed by atoms with Crippen LogP contribution in [0.4, 0.5) is 13.2 Å². The Balaban J connectivity index is 0.000000166. The molecule has 4 aliphatic carbocycles. The molecular formula is C54H49Cl2F3SiZr-2. The molecule has 0 amide bonds. The molecule has 0 aliphatic heterocycles. The Hall–Kier alpha value is -3.73. The average Bonchev–Trinajstić information content (AvgIpc) is 4.08. The number of alkyl halides is 3. The van der Waals surface area contributed by atoms with Crippen LogP contribution in [0.2, 0.25) is 12.6 Å². The zero-order valence-corrected chi connectivity index (χ0v) is 39.4. The van der Waals surface area contributed by atoms with Gasteiger partial charge in [-0.15, -0.1) is 80.6 Å². The Morgan fingerprint density at radius 1 is 0.574 bits per heavy atom. The molecule has 0 aromatic heterocycles. The second-order valence-electron chi connectivity index (χ2n) is 16.4. The minimum absolute atomic E-state index is 0. The molecule has 2 saturated carbocycles. The zero-order chi connectivity index (χ0) is 40.8. The van der Waals surface area contributed by atoms with Crippen LogP contribution >= 0.6 is 0 Å². The first-order valence-corrected chi connectivity index (χ1v) is 27.1. The summed E-state index contributed by atoms with van der Waals surface area (Å²) in [5.74, 6) is 1.49. The standard InChI is InChI=1S/2C25H21.C4H7F3Si.2ClH.Zr/c2*1-2-7-18(6-1)14-19-15-22-10-5-11-24(25(22)16-19)23-13-12-20-8-3-4-9-21(20)17-23;1-8-3-2-4(5,6)7;;;/h2*3-5,8-14,16-18H,1-2,6-7H2;2-3H2,1H3;2*1H;/q2*-1;;;;+2/p-2. The summed E-state index contributed by atoms with van der Waals surface area (Å²) in [5, 5.41) is 10.3. The molecule has 0 radical (unpaired) electrons. The summed E-state index contributed by atoms with van der Waals surface area (Å²) in [6.07, 6.45) is 23.1. The fraction of sp³-hybridized carbons (Fsp3) is 0.259. The maximum atomic E-state index is 11.4. The van der Waals surface area contributed by atoms with E-state index in [1.165, 1.54) is 151 Å². The SMILES string of the molecule is C[Si](=[Zr+2])CCC(F)(F)F.[C-]1=c2cccc(-c3ccc4ccccc4c3)c2=CC1=CC1CCCC1.[C-]1=c2cccc(-c3ccc4ccccc4c3)c2=CC1=CC1CCCC1.[Cl-].[Cl-]. The van der Waals surface area contributed by atoms with Gasteiger partial charge in [0.2, 0.25) is 0 Å². The molecular weight excluding hydrogens is 896 g/mol. The van der Waals surface area contributed by atoms with Crippen molar-refractivity contribution in [3.05, 3.63) is 166 Å². The summed E-state index contributed by atoms with van der Waals surface area (Å²) in [7, 11) is 0. The van der Waals surface area contributed by atoms with E-state index in [9.17, 15) is 13.2 Å². The number of rotatable bonds is 6. The summed E-state index contributed by atoms with van der Waals surface area (Å²) in [6.45, 7) is 1.93. The quantitative estimate of drug-likeness (QED) is 0.137. The van der Waals surface area contributed by atoms with Crippen LogP contribution in [0, 0.1) is 11.8 Å². The molecule has 6 aromatic rings. The second-order valence-corrected chi connectivity index (χ2v) is 24.8. The van der Waals surface area contributed by atoms with E-state index in [1.54, 1.807) is 0 Å². The van der Waals surface area contributed by atoms with Crippen LogP contribution in [0.1, 0.15) is 57.8 Å². The van der Waals surface area contributed by atoms with E-state index in [2.05, 4.69) is 158 Å². The summed E-state index contributed by atoms with van der Waals surface area (Å²) < 4.78 is 34.3. The molecule has 0 unspecified atom stereocenters. The van der Waals surface area contributed by atoms with E-state index in [-0.39, 0.29) is 24.8 Å². The molecule has 0 N–H and O–H groups in total. The normalized spacial score (nSPS) is 16.8. The molecule has 7 heteroatoms. The second kappa shape index (κ2) is 21.6. The monoisotopic (exact) mass is 942 g/mol. The fourth-order valence-electron chi connectivity index (χ4n) is 8.84. The number of fused-ring (bicyclic) bond motifs is 4. The van der Waals surface area contributed by atoms with Gasteiger partial charge in [0, 0.05) is 0 Å². The first-order chi connectivity index (χ1) is 28.6. The molecule has 0 atom stereocenters. The van der Waals surface area contributed by atoms with E-state index >= 15 is 0 Å². The fourth-order valence-corrected chi connectivity index (χ4v) is 10.4. The molecule has 0 heterocycles. The van der Waals surface area contributed by atoms with Gasteiger partial charge in [-0.1, -0.05) is 160 Å². The predicted molar refractivity (Wildman–Crippen MR) is 240 cm³/mol. The summed E-state index contributed by atoms with van der Waals surface area (Å²) in [4.78, 5) is 0. The van der Waals surface area contributed by atoms with Crippen molar-refractivity contribution in [3.8, 4) is 22.3 Å². The predicted octanol–water partition coefficient (Wildman–Crippen LogP) is 6.26. The zero-order valence-electron chi connectivity index (χ0n) is 34.5. The maximum Gasteiger partial charge on any atom is -0.0178 e. The van der Waals surface area contributed by atoms with Gasteiger partial charge in [0.1, 0.15) is 0 Å². The first kappa shape index (κ1) is 46.8. The number of allylic oxidation sites excluding steroid dienone is 4. The van der Waals surface area contributed by atoms with Gasteiger partial charge in [-0.05, 0) is 56.6 Å². The van der Waals surface area contributed by atoms with Crippen LogP contribution in [0.5, 0.6) is 0 Å². The minimum atomic E-state index is -3.93. The third-order valence-electron chi connectivity index (χ3n) is 11.9. The smallest absolute Gasteiger partial charge is 0.0178 e. The van der Waals surface area contributed by atoms with Gasteiger partial charge >= 0.3 is 67.1 Å². The van der Waals surface area contributed by atoms with Gasteiger partial charge in [-0.25, -0.2) is 0 Å². The Kier molecular flexibility index (Phi) is 16.5. The van der Waals surface area contributed by atoms with Crippen LogP contribution in [-0.2, 0) is 23.3 Å². The van der Waals surface area contributed by atoms with Gasteiger partial charge in [-0.2, -0.15) is 0 Å². The van der Waals surface area contributed by atoms with Gasteiger partial charge in [0.05, 0.1) is 0 Å². The van der Waals surface area contributed by atoms with Gasteiger partial charge in [-0.3, -0.25) is 0 Å². The van der Waals surface area contributed by atoms with Crippen molar-refractivity contribution in [2.24, 2.45) is 11.8 Å². The third-order valence-corrected chi connectivity index (χ3v) is 14.7. The molecule has 310 valence electrons. The van der Waals surface area contributed by atoms with E-state index in [0.29, 0.717) is 6.04 Å². The molecule has 10 rings (SSSR count). The number of hydrogen-bond acceptors (Lipinski definition) is 0. The van der Waals surface area contributed by atoms with Gasteiger partial charge < -0.3 is 24.8 Å². The van der Waals surface area contributed by atoms with Gasteiger partial charge in [0.15, 0.2) is 0 Å². The average molecular weight is 945 g/mol. The summed E-state index contributed by atoms with van der Waals surface area (Å²) in [5.41, 5.74) is 7.15. The molecule has 0 saturated heterocycles. The Morgan fingerprint density at radius 2 is 0.984 bits per heavy atom. The van der Waals surface area contributed by atoms with E-state index in [4.69, 9.17) is 0 Å². The van der Waals surface area contributed by atoms with Crippen molar-refractivity contribution in [1.82, 2.24) is 0 Å². The van der Waals surface area contributed by atoms with E-state index in [1.807, 2.05) is 6.55 Å². The Labute approximate surface area is 386 Å². The molecule has 0 bridgehead atoms. The van der Waals surface area contributed by atoms with Crippen LogP contribution in [0.3, 0.4) is 0 Å². The number of halogens is 5. The molecule has 0 spiro atoms. The summed E-state index contributed by atoms with van der Waals surface area (Å²) in [6, 6.07) is 44.2. The van der Waals surface area contributed by atoms with Crippen LogP contribution in [0.25, 0.3) is 68.1 Å². The van der Waals surface area contributed by atoms with Crippen LogP contribution in [0.15, 0.2) is 145 Å². The Bertz CT molecular complexity index is 2650. The van der Waals surface area contributed by atoms with Crippen molar-refractivity contribution in [2.75, 3.05) is 0 Å². The van der Waals surface area contributed by atoms with Crippen molar-refractivity contribution >= 4 is 51.3 Å². The van der Waals surface area contributed by atoms with Crippen LogP contribution < -0.4 is 45.7 Å². The Morgan fingerprint density at radius 3 is 1.36 bits per heavy atom. The topological polar surface area (TPSA) is 0 Å². The first-order valence-electron chi connectivity index (χ1n) is 21.2. The number of hydrogen-bond donors (Lipinski definition) is 0. The van der Waals surface area contributed by atoms with E-state index < -0.39 is 18.0 Å². The minimum Gasteiger partial charge on any atom is -1.00 e. The van der Waals surface area contributed by atoms with Gasteiger partial charge in [0.25, 0.3) is 0 Å². The molecule has 6 aromatic carbocycles. The largest absolute Gasteiger partial charge is 1.00 e. The van der Waals surface area contributed by atoms with Crippen molar-refractivity contribution in [1.29, 1.82) is 0 Å². The molecule has 61 heavy (non-hydrogen) atoms. The maximum absolute atomic E-state index is 11.4. The van der Waals surface area contributed by atoms with Crippen molar-refractivity contribution in [2.45, 2.75) is 76.6 Å². The third kappa shape index (κ3) is 12.3. The number of benzene rings is 6.